The molecular formula is C25H27ClF2N4O3. The van der Waals surface area contributed by atoms with Crippen LogP contribution in [0.25, 0.3) is 11.4 Å². The van der Waals surface area contributed by atoms with Gasteiger partial charge in [0.15, 0.2) is 5.82 Å². The molecule has 1 unspecified atom stereocenters. The lowest BCUT2D eigenvalue weighted by Crippen LogP contribution is -2.36. The number of carbonyl (C=O) groups is 1. The van der Waals surface area contributed by atoms with Crippen molar-refractivity contribution in [3.8, 4) is 11.4 Å². The van der Waals surface area contributed by atoms with Gasteiger partial charge >= 0.3 is 5.69 Å². The fourth-order valence-electron chi connectivity index (χ4n) is 3.71. The number of halogens is 3. The molecule has 1 amide bonds. The number of nitrogens with zero attached hydrogens (tertiary/aromatic N) is 3. The van der Waals surface area contributed by atoms with Crippen LogP contribution in [0.1, 0.15) is 30.0 Å². The standard InChI is InChI=1S/C25H27ClF2N4O3/c1-3-25(27,28)13-14-31-23(18-8-10-19(26)11-9-18)30-32(24(31)35)16-22(34)29-21(12-15-33)20-7-5-4-6-17(20)2/h3-11,21,33H,1,12-16H2,2H3,(H,29,34). The molecule has 186 valence electrons. The highest BCUT2D eigenvalue weighted by molar-refractivity contribution is 6.30. The van der Waals surface area contributed by atoms with Gasteiger partial charge in [-0.15, -0.1) is 5.10 Å². The summed E-state index contributed by atoms with van der Waals surface area (Å²) >= 11 is 5.94. The highest BCUT2D eigenvalue weighted by Gasteiger charge is 2.26. The third-order valence-electron chi connectivity index (χ3n) is 5.60. The van der Waals surface area contributed by atoms with Gasteiger partial charge in [-0.1, -0.05) is 42.4 Å². The molecule has 0 aliphatic heterocycles. The number of allylic oxidation sites excluding steroid dienone is 1. The summed E-state index contributed by atoms with van der Waals surface area (Å²) in [4.78, 5) is 25.9. The Morgan fingerprint density at radius 1 is 1.26 bits per heavy atom. The Bertz CT molecular complexity index is 1240. The molecular weight excluding hydrogens is 478 g/mol. The van der Waals surface area contributed by atoms with Gasteiger partial charge in [-0.3, -0.25) is 9.36 Å². The van der Waals surface area contributed by atoms with E-state index in [2.05, 4.69) is 17.0 Å². The maximum Gasteiger partial charge on any atom is 0.346 e. The maximum atomic E-state index is 13.8. The van der Waals surface area contributed by atoms with Crippen molar-refractivity contribution in [2.24, 2.45) is 0 Å². The number of aliphatic hydroxyl groups is 1. The molecule has 0 fully saturated rings. The van der Waals surface area contributed by atoms with Gasteiger partial charge in [-0.05, 0) is 54.8 Å². The van der Waals surface area contributed by atoms with Crippen molar-refractivity contribution in [3.63, 3.8) is 0 Å². The van der Waals surface area contributed by atoms with E-state index in [4.69, 9.17) is 11.6 Å². The SMILES string of the molecule is C=CC(F)(F)CCn1c(-c2ccc(Cl)cc2)nn(CC(=O)NC(CCO)c2ccccc2C)c1=O. The van der Waals surface area contributed by atoms with Gasteiger partial charge in [0.2, 0.25) is 5.91 Å². The molecule has 1 heterocycles. The van der Waals surface area contributed by atoms with Crippen LogP contribution < -0.4 is 11.0 Å². The van der Waals surface area contributed by atoms with Gasteiger partial charge in [0, 0.05) is 30.2 Å². The van der Waals surface area contributed by atoms with Gasteiger partial charge in [-0.25, -0.2) is 18.3 Å². The first kappa shape index (κ1) is 26.3. The van der Waals surface area contributed by atoms with Gasteiger partial charge in [0.25, 0.3) is 5.92 Å². The zero-order valence-electron chi connectivity index (χ0n) is 19.3. The summed E-state index contributed by atoms with van der Waals surface area (Å²) in [6.45, 7) is 4.14. The third-order valence-corrected chi connectivity index (χ3v) is 5.85. The van der Waals surface area contributed by atoms with Crippen LogP contribution in [-0.4, -0.2) is 37.9 Å². The largest absolute Gasteiger partial charge is 0.396 e. The smallest absolute Gasteiger partial charge is 0.346 e. The zero-order chi connectivity index (χ0) is 25.6. The van der Waals surface area contributed by atoms with Crippen LogP contribution in [0.5, 0.6) is 0 Å². The highest BCUT2D eigenvalue weighted by Crippen LogP contribution is 2.24. The predicted molar refractivity (Wildman–Crippen MR) is 130 cm³/mol. The molecule has 0 spiro atoms. The average molecular weight is 505 g/mol. The van der Waals surface area contributed by atoms with E-state index in [-0.39, 0.29) is 25.4 Å². The molecule has 0 bridgehead atoms. The van der Waals surface area contributed by atoms with E-state index in [1.807, 2.05) is 31.2 Å². The summed E-state index contributed by atoms with van der Waals surface area (Å²) in [7, 11) is 0. The average Bonchev–Trinajstić information content (AvgIpc) is 3.13. The van der Waals surface area contributed by atoms with Crippen molar-refractivity contribution < 1.29 is 18.7 Å². The summed E-state index contributed by atoms with van der Waals surface area (Å²) in [6, 6.07) is 13.4. The van der Waals surface area contributed by atoms with E-state index in [0.29, 0.717) is 16.7 Å². The van der Waals surface area contributed by atoms with Gasteiger partial charge in [0.05, 0.1) is 6.04 Å². The first-order valence-electron chi connectivity index (χ1n) is 11.1. The molecule has 10 heteroatoms. The number of aryl methyl sites for hydroxylation is 1. The van der Waals surface area contributed by atoms with Gasteiger partial charge in [0.1, 0.15) is 6.54 Å². The number of alkyl halides is 2. The molecule has 2 N–H and O–H groups in total. The quantitative estimate of drug-likeness (QED) is 0.384. The molecule has 1 atom stereocenters. The van der Waals surface area contributed by atoms with E-state index >= 15 is 0 Å². The molecule has 1 aromatic heterocycles. The lowest BCUT2D eigenvalue weighted by atomic mass is 9.99. The van der Waals surface area contributed by atoms with Gasteiger partial charge in [-0.2, -0.15) is 0 Å². The van der Waals surface area contributed by atoms with Crippen LogP contribution in [-0.2, 0) is 17.9 Å². The number of rotatable bonds is 11. The van der Waals surface area contributed by atoms with Crippen LogP contribution in [0.2, 0.25) is 5.02 Å². The van der Waals surface area contributed by atoms with Crippen molar-refractivity contribution in [3.05, 3.63) is 87.8 Å². The Hall–Kier alpha value is -3.30. The molecule has 3 rings (SSSR count). The second kappa shape index (κ2) is 11.4. The number of hydrogen-bond acceptors (Lipinski definition) is 4. The number of hydrogen-bond donors (Lipinski definition) is 2. The molecule has 2 aromatic carbocycles. The Morgan fingerprint density at radius 3 is 2.57 bits per heavy atom. The van der Waals surface area contributed by atoms with Crippen molar-refractivity contribution >= 4 is 17.5 Å². The Morgan fingerprint density at radius 2 is 1.94 bits per heavy atom. The second-order valence-electron chi connectivity index (χ2n) is 8.13. The highest BCUT2D eigenvalue weighted by atomic mass is 35.5. The summed E-state index contributed by atoms with van der Waals surface area (Å²) in [5, 5.41) is 17.0. The molecule has 35 heavy (non-hydrogen) atoms. The Kier molecular flexibility index (Phi) is 8.58. The number of aliphatic hydroxyl groups excluding tert-OH is 1. The Balaban J connectivity index is 1.89. The maximum absolute atomic E-state index is 13.8. The first-order chi connectivity index (χ1) is 16.6. The summed E-state index contributed by atoms with van der Waals surface area (Å²) in [5.41, 5.74) is 1.59. The van der Waals surface area contributed by atoms with E-state index < -0.39 is 36.5 Å². The van der Waals surface area contributed by atoms with E-state index in [1.54, 1.807) is 24.3 Å². The number of aromatic nitrogens is 3. The van der Waals surface area contributed by atoms with Crippen molar-refractivity contribution in [1.82, 2.24) is 19.7 Å². The van der Waals surface area contributed by atoms with Crippen LogP contribution in [0.4, 0.5) is 8.78 Å². The van der Waals surface area contributed by atoms with Crippen LogP contribution >= 0.6 is 11.6 Å². The monoisotopic (exact) mass is 504 g/mol. The molecule has 0 aliphatic carbocycles. The molecule has 3 aromatic rings. The summed E-state index contributed by atoms with van der Waals surface area (Å²) < 4.78 is 29.7. The van der Waals surface area contributed by atoms with Crippen molar-refractivity contribution in [1.29, 1.82) is 0 Å². The molecule has 0 radical (unpaired) electrons. The minimum Gasteiger partial charge on any atom is -0.396 e. The minimum atomic E-state index is -3.17. The number of carbonyl (C=O) groups excluding carboxylic acids is 1. The predicted octanol–water partition coefficient (Wildman–Crippen LogP) is 4.12. The molecule has 0 aliphatic rings. The lowest BCUT2D eigenvalue weighted by molar-refractivity contribution is -0.122. The summed E-state index contributed by atoms with van der Waals surface area (Å²) in [5.74, 6) is -3.52. The number of benzene rings is 2. The lowest BCUT2D eigenvalue weighted by Gasteiger charge is -2.20. The number of nitrogens with one attached hydrogen (secondary N) is 1. The number of amides is 1. The van der Waals surface area contributed by atoms with Gasteiger partial charge < -0.3 is 10.4 Å². The topological polar surface area (TPSA) is 89.2 Å². The van der Waals surface area contributed by atoms with Crippen LogP contribution in [0.15, 0.2) is 66.0 Å². The fourth-order valence-corrected chi connectivity index (χ4v) is 3.84. The van der Waals surface area contributed by atoms with Crippen molar-refractivity contribution in [2.75, 3.05) is 6.61 Å². The third kappa shape index (κ3) is 6.64. The molecule has 0 saturated heterocycles. The van der Waals surface area contributed by atoms with Crippen LogP contribution in [0, 0.1) is 6.92 Å². The normalized spacial score (nSPS) is 12.4. The minimum absolute atomic E-state index is 0.144. The molecule has 0 saturated carbocycles. The second-order valence-corrected chi connectivity index (χ2v) is 8.56. The fraction of sp³-hybridized carbons (Fsp3) is 0.320. The van der Waals surface area contributed by atoms with E-state index in [9.17, 15) is 23.5 Å². The van der Waals surface area contributed by atoms with Crippen LogP contribution in [0.3, 0.4) is 0 Å². The summed E-state index contributed by atoms with van der Waals surface area (Å²) in [6.07, 6.45) is 0.165. The van der Waals surface area contributed by atoms with E-state index in [1.165, 1.54) is 0 Å². The molecule has 7 nitrogen and oxygen atoms in total. The van der Waals surface area contributed by atoms with Crippen molar-refractivity contribution in [2.45, 2.75) is 44.8 Å². The zero-order valence-corrected chi connectivity index (χ0v) is 20.0. The Labute approximate surface area is 206 Å². The van der Waals surface area contributed by atoms with E-state index in [0.717, 1.165) is 20.4 Å². The first-order valence-corrected chi connectivity index (χ1v) is 11.4.